The lowest BCUT2D eigenvalue weighted by Crippen LogP contribution is -2.50. The zero-order valence-electron chi connectivity index (χ0n) is 13.9. The van der Waals surface area contributed by atoms with Crippen molar-refractivity contribution in [2.45, 2.75) is 58.0 Å². The fourth-order valence-corrected chi connectivity index (χ4v) is 2.90. The Morgan fingerprint density at radius 1 is 1.22 bits per heavy atom. The molecule has 1 aliphatic carbocycles. The molecule has 3 N–H and O–H groups in total. The van der Waals surface area contributed by atoms with Crippen molar-refractivity contribution in [3.05, 3.63) is 29.6 Å². The summed E-state index contributed by atoms with van der Waals surface area (Å²) in [7, 11) is 0. The largest absolute Gasteiger partial charge is 0.481 e. The SMILES string of the molecule is Cc1ccc(C(C)(C)NC(=O)NC2CCC(C(=O)O)CC2)cn1. The van der Waals surface area contributed by atoms with E-state index < -0.39 is 11.5 Å². The van der Waals surface area contributed by atoms with Crippen molar-refractivity contribution >= 4 is 12.0 Å². The van der Waals surface area contributed by atoms with Crippen LogP contribution in [-0.2, 0) is 10.3 Å². The molecule has 1 aromatic rings. The molecule has 0 bridgehead atoms. The number of carbonyl (C=O) groups excluding carboxylic acids is 1. The Morgan fingerprint density at radius 2 is 1.87 bits per heavy atom. The molecule has 2 amide bonds. The van der Waals surface area contributed by atoms with Gasteiger partial charge in [-0.25, -0.2) is 4.79 Å². The van der Waals surface area contributed by atoms with Crippen molar-refractivity contribution in [2.75, 3.05) is 0 Å². The van der Waals surface area contributed by atoms with E-state index in [0.717, 1.165) is 11.3 Å². The van der Waals surface area contributed by atoms with E-state index in [4.69, 9.17) is 5.11 Å². The van der Waals surface area contributed by atoms with Gasteiger partial charge in [-0.05, 0) is 58.1 Å². The number of hydrogen-bond acceptors (Lipinski definition) is 3. The maximum atomic E-state index is 12.2. The van der Waals surface area contributed by atoms with Gasteiger partial charge in [0, 0.05) is 17.9 Å². The highest BCUT2D eigenvalue weighted by Gasteiger charge is 2.28. The first-order valence-electron chi connectivity index (χ1n) is 8.02. The molecule has 0 saturated heterocycles. The van der Waals surface area contributed by atoms with Gasteiger partial charge in [-0.1, -0.05) is 6.07 Å². The second kappa shape index (κ2) is 6.98. The monoisotopic (exact) mass is 319 g/mol. The molecule has 1 saturated carbocycles. The summed E-state index contributed by atoms with van der Waals surface area (Å²) in [6.07, 6.45) is 4.42. The quantitative estimate of drug-likeness (QED) is 0.795. The van der Waals surface area contributed by atoms with Gasteiger partial charge in [0.05, 0.1) is 11.5 Å². The molecular formula is C17H25N3O3. The van der Waals surface area contributed by atoms with Crippen molar-refractivity contribution in [2.24, 2.45) is 5.92 Å². The summed E-state index contributed by atoms with van der Waals surface area (Å²) in [6.45, 7) is 5.78. The highest BCUT2D eigenvalue weighted by Crippen LogP contribution is 2.25. The molecular weight excluding hydrogens is 294 g/mol. The van der Waals surface area contributed by atoms with Gasteiger partial charge in [-0.3, -0.25) is 9.78 Å². The first-order valence-corrected chi connectivity index (χ1v) is 8.02. The lowest BCUT2D eigenvalue weighted by Gasteiger charge is -2.30. The Kier molecular flexibility index (Phi) is 5.23. The van der Waals surface area contributed by atoms with Crippen molar-refractivity contribution in [1.82, 2.24) is 15.6 Å². The minimum atomic E-state index is -0.735. The maximum absolute atomic E-state index is 12.2. The molecule has 6 nitrogen and oxygen atoms in total. The van der Waals surface area contributed by atoms with Crippen LogP contribution in [0.4, 0.5) is 4.79 Å². The minimum Gasteiger partial charge on any atom is -0.481 e. The number of aliphatic carboxylic acids is 1. The summed E-state index contributed by atoms with van der Waals surface area (Å²) in [5, 5.41) is 14.9. The Bertz CT molecular complexity index is 561. The number of carboxylic acids is 1. The average Bonchev–Trinajstić information content (AvgIpc) is 2.47. The third-order valence-corrected chi connectivity index (χ3v) is 4.47. The van der Waals surface area contributed by atoms with Crippen LogP contribution < -0.4 is 10.6 Å². The highest BCUT2D eigenvalue weighted by atomic mass is 16.4. The molecule has 6 heteroatoms. The van der Waals surface area contributed by atoms with Crippen LogP contribution in [0.25, 0.3) is 0 Å². The van der Waals surface area contributed by atoms with Crippen molar-refractivity contribution in [3.8, 4) is 0 Å². The van der Waals surface area contributed by atoms with E-state index in [0.29, 0.717) is 25.7 Å². The van der Waals surface area contributed by atoms with Crippen molar-refractivity contribution in [3.63, 3.8) is 0 Å². The molecule has 1 aliphatic rings. The number of rotatable bonds is 4. The standard InChI is InChI=1S/C17H25N3O3/c1-11-4-7-13(10-18-11)17(2,3)20-16(23)19-14-8-5-12(6-9-14)15(21)22/h4,7,10,12,14H,5-6,8-9H2,1-3H3,(H,21,22)(H2,19,20,23). The van der Waals surface area contributed by atoms with E-state index in [1.807, 2.05) is 32.9 Å². The Labute approximate surface area is 136 Å². The van der Waals surface area contributed by atoms with Gasteiger partial charge < -0.3 is 15.7 Å². The fraction of sp³-hybridized carbons (Fsp3) is 0.588. The van der Waals surface area contributed by atoms with Gasteiger partial charge in [0.25, 0.3) is 0 Å². The predicted molar refractivity (Wildman–Crippen MR) is 87.0 cm³/mol. The third kappa shape index (κ3) is 4.68. The molecule has 0 aliphatic heterocycles. The van der Waals surface area contributed by atoms with E-state index in [1.165, 1.54) is 0 Å². The predicted octanol–water partition coefficient (Wildman–Crippen LogP) is 2.57. The molecule has 0 atom stereocenters. The van der Waals surface area contributed by atoms with Gasteiger partial charge in [-0.15, -0.1) is 0 Å². The molecule has 0 unspecified atom stereocenters. The smallest absolute Gasteiger partial charge is 0.315 e. The number of hydrogen-bond donors (Lipinski definition) is 3. The zero-order valence-corrected chi connectivity index (χ0v) is 13.9. The average molecular weight is 319 g/mol. The van der Waals surface area contributed by atoms with Crippen molar-refractivity contribution < 1.29 is 14.7 Å². The summed E-state index contributed by atoms with van der Waals surface area (Å²) in [5.74, 6) is -1.01. The topological polar surface area (TPSA) is 91.3 Å². The Morgan fingerprint density at radius 3 is 2.39 bits per heavy atom. The van der Waals surface area contributed by atoms with Crippen LogP contribution in [0.3, 0.4) is 0 Å². The second-order valence-electron chi connectivity index (χ2n) is 6.80. The van der Waals surface area contributed by atoms with Gasteiger partial charge in [0.15, 0.2) is 0 Å². The van der Waals surface area contributed by atoms with E-state index in [1.54, 1.807) is 6.20 Å². The van der Waals surface area contributed by atoms with E-state index in [-0.39, 0.29) is 18.0 Å². The lowest BCUT2D eigenvalue weighted by molar-refractivity contribution is -0.142. The van der Waals surface area contributed by atoms with Gasteiger partial charge in [0.1, 0.15) is 0 Å². The maximum Gasteiger partial charge on any atom is 0.315 e. The molecule has 2 rings (SSSR count). The van der Waals surface area contributed by atoms with Crippen LogP contribution in [0.5, 0.6) is 0 Å². The summed E-state index contributed by atoms with van der Waals surface area (Å²) in [6, 6.07) is 3.69. The summed E-state index contributed by atoms with van der Waals surface area (Å²) < 4.78 is 0. The highest BCUT2D eigenvalue weighted by molar-refractivity contribution is 5.75. The minimum absolute atomic E-state index is 0.0394. The molecule has 1 aromatic heterocycles. The molecule has 0 spiro atoms. The van der Waals surface area contributed by atoms with Gasteiger partial charge >= 0.3 is 12.0 Å². The summed E-state index contributed by atoms with van der Waals surface area (Å²) >= 11 is 0. The number of aryl methyl sites for hydroxylation is 1. The van der Waals surface area contributed by atoms with Crippen LogP contribution in [0.15, 0.2) is 18.3 Å². The van der Waals surface area contributed by atoms with Crippen LogP contribution in [-0.4, -0.2) is 28.1 Å². The van der Waals surface area contributed by atoms with E-state index in [2.05, 4.69) is 15.6 Å². The van der Waals surface area contributed by atoms with Crippen LogP contribution in [0.2, 0.25) is 0 Å². The normalized spacial score (nSPS) is 21.5. The first kappa shape index (κ1) is 17.2. The van der Waals surface area contributed by atoms with Crippen LogP contribution in [0.1, 0.15) is 50.8 Å². The Hall–Kier alpha value is -2.11. The third-order valence-electron chi connectivity index (χ3n) is 4.47. The molecule has 0 aromatic carbocycles. The van der Waals surface area contributed by atoms with Crippen LogP contribution in [0, 0.1) is 12.8 Å². The number of carboxylic acid groups (broad SMARTS) is 1. The molecule has 1 heterocycles. The molecule has 126 valence electrons. The fourth-order valence-electron chi connectivity index (χ4n) is 2.90. The van der Waals surface area contributed by atoms with Gasteiger partial charge in [-0.2, -0.15) is 0 Å². The molecule has 1 fully saturated rings. The lowest BCUT2D eigenvalue weighted by atomic mass is 9.86. The summed E-state index contributed by atoms with van der Waals surface area (Å²) in [4.78, 5) is 27.4. The van der Waals surface area contributed by atoms with Gasteiger partial charge in [0.2, 0.25) is 0 Å². The molecule has 0 radical (unpaired) electrons. The number of urea groups is 1. The molecule has 23 heavy (non-hydrogen) atoms. The Balaban J connectivity index is 1.87. The summed E-state index contributed by atoms with van der Waals surface area (Å²) in [5.41, 5.74) is 1.35. The number of amides is 2. The van der Waals surface area contributed by atoms with Crippen LogP contribution >= 0.6 is 0 Å². The number of pyridine rings is 1. The number of aromatic nitrogens is 1. The second-order valence-corrected chi connectivity index (χ2v) is 6.80. The zero-order chi connectivity index (χ0) is 17.0. The van der Waals surface area contributed by atoms with Crippen molar-refractivity contribution in [1.29, 1.82) is 0 Å². The first-order chi connectivity index (χ1) is 10.8. The van der Waals surface area contributed by atoms with E-state index in [9.17, 15) is 9.59 Å². The number of nitrogens with zero attached hydrogens (tertiary/aromatic N) is 1. The van der Waals surface area contributed by atoms with E-state index >= 15 is 0 Å². The number of carbonyl (C=O) groups is 2. The number of nitrogens with one attached hydrogen (secondary N) is 2.